The topological polar surface area (TPSA) is 3.24 Å². The first-order chi connectivity index (χ1) is 5.08. The fraction of sp³-hybridized carbons (Fsp3) is 1.00. The zero-order chi connectivity index (χ0) is 8.32. The molecule has 0 radical (unpaired) electrons. The third kappa shape index (κ3) is 4.01. The van der Waals surface area contributed by atoms with E-state index < -0.39 is 4.83 Å². The molecule has 66 valence electrons. The van der Waals surface area contributed by atoms with E-state index in [1.54, 1.807) is 4.90 Å². The molecule has 1 fully saturated rings. The summed E-state index contributed by atoms with van der Waals surface area (Å²) >= 11 is 2.34. The number of rotatable bonds is 2. The van der Waals surface area contributed by atoms with Crippen molar-refractivity contribution < 1.29 is 8.78 Å². The zero-order valence-electron chi connectivity index (χ0n) is 6.32. The number of likely N-dealkylation sites (tertiary alicyclic amines) is 1. The van der Waals surface area contributed by atoms with Crippen LogP contribution in [0.5, 0.6) is 0 Å². The van der Waals surface area contributed by atoms with Gasteiger partial charge in [0.25, 0.3) is 0 Å². The van der Waals surface area contributed by atoms with Gasteiger partial charge in [-0.05, 0) is 41.9 Å². The molecule has 1 heterocycles. The molecular formula is C7H12BrF2N. The molecule has 0 aromatic heterocycles. The van der Waals surface area contributed by atoms with Crippen LogP contribution in [0.1, 0.15) is 19.3 Å². The fourth-order valence-corrected chi connectivity index (χ4v) is 1.73. The van der Waals surface area contributed by atoms with Crippen molar-refractivity contribution >= 4 is 15.9 Å². The molecule has 11 heavy (non-hydrogen) atoms. The lowest BCUT2D eigenvalue weighted by atomic mass is 10.1. The summed E-state index contributed by atoms with van der Waals surface area (Å²) in [6, 6.07) is 0. The Morgan fingerprint density at radius 3 is 2.18 bits per heavy atom. The van der Waals surface area contributed by atoms with Gasteiger partial charge >= 0.3 is 4.83 Å². The molecule has 1 aliphatic rings. The van der Waals surface area contributed by atoms with E-state index >= 15 is 0 Å². The highest BCUT2D eigenvalue weighted by atomic mass is 79.9. The average molecular weight is 228 g/mol. The van der Waals surface area contributed by atoms with E-state index in [-0.39, 0.29) is 6.54 Å². The summed E-state index contributed by atoms with van der Waals surface area (Å²) in [5.74, 6) is 0. The summed E-state index contributed by atoms with van der Waals surface area (Å²) in [5, 5.41) is 0. The number of piperidine rings is 1. The molecule has 0 bridgehead atoms. The van der Waals surface area contributed by atoms with E-state index in [1.807, 2.05) is 0 Å². The molecule has 0 aromatic carbocycles. The molecule has 0 amide bonds. The van der Waals surface area contributed by atoms with Gasteiger partial charge in [-0.25, -0.2) is 0 Å². The third-order valence-electron chi connectivity index (χ3n) is 1.85. The van der Waals surface area contributed by atoms with Crippen LogP contribution in [0.4, 0.5) is 8.78 Å². The molecule has 1 aliphatic heterocycles. The van der Waals surface area contributed by atoms with Gasteiger partial charge in [0.05, 0.1) is 6.54 Å². The minimum Gasteiger partial charge on any atom is -0.297 e. The summed E-state index contributed by atoms with van der Waals surface area (Å²) in [6.07, 6.45) is 3.30. The second-order valence-electron chi connectivity index (χ2n) is 2.95. The molecule has 0 aromatic rings. The van der Waals surface area contributed by atoms with Crippen LogP contribution in [0.3, 0.4) is 0 Å². The Balaban J connectivity index is 2.24. The molecular weight excluding hydrogens is 216 g/mol. The molecule has 4 heteroatoms. The molecule has 0 aliphatic carbocycles. The van der Waals surface area contributed by atoms with E-state index in [0.29, 0.717) is 0 Å². The van der Waals surface area contributed by atoms with Crippen molar-refractivity contribution in [1.29, 1.82) is 0 Å². The lowest BCUT2D eigenvalue weighted by Crippen LogP contribution is -2.37. The Morgan fingerprint density at radius 1 is 1.18 bits per heavy atom. The smallest absolute Gasteiger partial charge is 0.297 e. The van der Waals surface area contributed by atoms with Gasteiger partial charge in [-0.15, -0.1) is 0 Å². The van der Waals surface area contributed by atoms with Crippen LogP contribution >= 0.6 is 15.9 Å². The molecule has 1 nitrogen and oxygen atoms in total. The van der Waals surface area contributed by atoms with Crippen LogP contribution in [-0.4, -0.2) is 29.4 Å². The monoisotopic (exact) mass is 227 g/mol. The van der Waals surface area contributed by atoms with E-state index in [4.69, 9.17) is 0 Å². The molecule has 1 saturated heterocycles. The fourth-order valence-electron chi connectivity index (χ4n) is 1.37. The van der Waals surface area contributed by atoms with Crippen molar-refractivity contribution in [2.45, 2.75) is 24.1 Å². The van der Waals surface area contributed by atoms with Gasteiger partial charge < -0.3 is 0 Å². The average Bonchev–Trinajstić information content (AvgIpc) is 1.85. The van der Waals surface area contributed by atoms with E-state index in [0.717, 1.165) is 25.9 Å². The summed E-state index contributed by atoms with van der Waals surface area (Å²) in [5.41, 5.74) is 0. The van der Waals surface area contributed by atoms with E-state index in [2.05, 4.69) is 15.9 Å². The first-order valence-corrected chi connectivity index (χ1v) is 4.66. The van der Waals surface area contributed by atoms with E-state index in [9.17, 15) is 8.78 Å². The summed E-state index contributed by atoms with van der Waals surface area (Å²) < 4.78 is 24.8. The molecule has 0 atom stereocenters. The molecule has 0 unspecified atom stereocenters. The maximum absolute atomic E-state index is 12.4. The van der Waals surface area contributed by atoms with Crippen molar-refractivity contribution in [2.24, 2.45) is 0 Å². The number of halogens is 3. The van der Waals surface area contributed by atoms with Gasteiger partial charge in [0.15, 0.2) is 0 Å². The van der Waals surface area contributed by atoms with Gasteiger partial charge in [-0.1, -0.05) is 6.42 Å². The predicted molar refractivity (Wildman–Crippen MR) is 44.2 cm³/mol. The Morgan fingerprint density at radius 2 is 1.73 bits per heavy atom. The molecule has 1 rings (SSSR count). The van der Waals surface area contributed by atoms with Crippen LogP contribution in [-0.2, 0) is 0 Å². The third-order valence-corrected chi connectivity index (χ3v) is 2.10. The highest BCUT2D eigenvalue weighted by Gasteiger charge is 2.27. The van der Waals surface area contributed by atoms with Crippen molar-refractivity contribution in [1.82, 2.24) is 4.90 Å². The predicted octanol–water partition coefficient (Wildman–Crippen LogP) is 2.46. The largest absolute Gasteiger partial charge is 0.313 e. The number of hydrogen-bond donors (Lipinski definition) is 0. The standard InChI is InChI=1S/C7H12BrF2N/c8-7(9,10)6-11-4-2-1-3-5-11/h1-6H2. The Hall–Kier alpha value is 0.300. The van der Waals surface area contributed by atoms with Crippen LogP contribution in [0.25, 0.3) is 0 Å². The van der Waals surface area contributed by atoms with Gasteiger partial charge in [0.1, 0.15) is 0 Å². The van der Waals surface area contributed by atoms with Gasteiger partial charge in [0.2, 0.25) is 0 Å². The van der Waals surface area contributed by atoms with Gasteiger partial charge in [0, 0.05) is 0 Å². The Labute approximate surface area is 73.9 Å². The summed E-state index contributed by atoms with van der Waals surface area (Å²) in [6.45, 7) is 1.50. The maximum atomic E-state index is 12.4. The Bertz CT molecular complexity index is 118. The van der Waals surface area contributed by atoms with Crippen molar-refractivity contribution in [3.05, 3.63) is 0 Å². The van der Waals surface area contributed by atoms with E-state index in [1.165, 1.54) is 6.42 Å². The van der Waals surface area contributed by atoms with Gasteiger partial charge in [-0.3, -0.25) is 4.90 Å². The minimum atomic E-state index is -2.70. The van der Waals surface area contributed by atoms with Crippen LogP contribution in [0.2, 0.25) is 0 Å². The summed E-state index contributed by atoms with van der Waals surface area (Å²) in [4.78, 5) is -0.900. The highest BCUT2D eigenvalue weighted by molar-refractivity contribution is 9.10. The number of alkyl halides is 3. The summed E-state index contributed by atoms with van der Waals surface area (Å²) in [7, 11) is 0. The minimum absolute atomic E-state index is 0.146. The zero-order valence-corrected chi connectivity index (χ0v) is 7.91. The second-order valence-corrected chi connectivity index (χ2v) is 4.11. The van der Waals surface area contributed by atoms with Crippen molar-refractivity contribution in [3.63, 3.8) is 0 Å². The normalized spacial score (nSPS) is 22.1. The van der Waals surface area contributed by atoms with Crippen LogP contribution in [0, 0.1) is 0 Å². The first-order valence-electron chi connectivity index (χ1n) is 3.87. The first kappa shape index (κ1) is 9.39. The second kappa shape index (κ2) is 3.81. The van der Waals surface area contributed by atoms with Crippen LogP contribution < -0.4 is 0 Å². The molecule has 0 N–H and O–H groups in total. The van der Waals surface area contributed by atoms with Crippen molar-refractivity contribution in [3.8, 4) is 0 Å². The van der Waals surface area contributed by atoms with Crippen molar-refractivity contribution in [2.75, 3.05) is 19.6 Å². The van der Waals surface area contributed by atoms with Crippen LogP contribution in [0.15, 0.2) is 0 Å². The SMILES string of the molecule is FC(F)(Br)CN1CCCCC1. The molecule has 0 spiro atoms. The number of hydrogen-bond acceptors (Lipinski definition) is 1. The number of nitrogens with zero attached hydrogens (tertiary/aromatic N) is 1. The van der Waals surface area contributed by atoms with Gasteiger partial charge in [-0.2, -0.15) is 8.78 Å². The lowest BCUT2D eigenvalue weighted by molar-refractivity contribution is 0.0542. The Kier molecular flexibility index (Phi) is 3.25. The lowest BCUT2D eigenvalue weighted by Gasteiger charge is -2.27. The molecule has 0 saturated carbocycles. The maximum Gasteiger partial charge on any atom is 0.313 e. The highest BCUT2D eigenvalue weighted by Crippen LogP contribution is 2.24. The quantitative estimate of drug-likeness (QED) is 0.656.